The van der Waals surface area contributed by atoms with Crippen molar-refractivity contribution in [2.45, 2.75) is 38.8 Å². The minimum Gasteiger partial charge on any atom is -0.618 e. The molecule has 8 nitrogen and oxygen atoms in total. The van der Waals surface area contributed by atoms with Crippen LogP contribution in [0, 0.1) is 11.1 Å². The molecule has 3 heterocycles. The minimum atomic E-state index is -0.321. The van der Waals surface area contributed by atoms with Crippen molar-refractivity contribution in [2.75, 3.05) is 13.7 Å². The largest absolute Gasteiger partial charge is 0.618 e. The fourth-order valence-electron chi connectivity index (χ4n) is 5.61. The minimum absolute atomic E-state index is 0.179. The molecule has 0 saturated carbocycles. The smallest absolute Gasteiger partial charge is 0.348 e. The van der Waals surface area contributed by atoms with Gasteiger partial charge >= 0.3 is 5.69 Å². The molecule has 0 spiro atoms. The molecule has 200 valence electrons. The molecule has 39 heavy (non-hydrogen) atoms. The maximum Gasteiger partial charge on any atom is 0.348 e. The molecule has 4 aromatic rings. The highest BCUT2D eigenvalue weighted by Crippen LogP contribution is 2.37. The number of fused-ring (bicyclic) bond motifs is 3. The van der Waals surface area contributed by atoms with Crippen LogP contribution in [0.15, 0.2) is 71.3 Å². The van der Waals surface area contributed by atoms with E-state index in [1.54, 1.807) is 24.0 Å². The van der Waals surface area contributed by atoms with Crippen LogP contribution in [0.1, 0.15) is 31.4 Å². The first-order chi connectivity index (χ1) is 19.0. The van der Waals surface area contributed by atoms with Gasteiger partial charge in [0.15, 0.2) is 22.9 Å². The maximum absolute atomic E-state index is 13.1. The van der Waals surface area contributed by atoms with Gasteiger partial charge in [0.25, 0.3) is 0 Å². The lowest BCUT2D eigenvalue weighted by Gasteiger charge is -2.20. The van der Waals surface area contributed by atoms with Crippen LogP contribution < -0.4 is 15.2 Å². The molecule has 2 aromatic carbocycles. The Morgan fingerprint density at radius 2 is 2.05 bits per heavy atom. The number of allylic oxidation sites excluding steroid dienone is 2. The quantitative estimate of drug-likeness (QED) is 0.171. The number of halogens is 1. The SMILES string of the molecule is COc1c(OCCCn2c(=O)nc(-c3ccccc3)c3cc(Cl)ccc32)cn2c1C=[N+]([O-])C1=CCCC[C@H]1C2. The van der Waals surface area contributed by atoms with Crippen molar-refractivity contribution in [2.24, 2.45) is 5.92 Å². The Morgan fingerprint density at radius 3 is 2.87 bits per heavy atom. The van der Waals surface area contributed by atoms with Crippen LogP contribution in [0.2, 0.25) is 5.02 Å². The number of nitrogens with zero attached hydrogens (tertiary/aromatic N) is 4. The van der Waals surface area contributed by atoms with E-state index in [0.717, 1.165) is 46.2 Å². The Bertz CT molecular complexity index is 1660. The third kappa shape index (κ3) is 4.81. The molecule has 0 unspecified atom stereocenters. The lowest BCUT2D eigenvalue weighted by Crippen LogP contribution is -2.25. The molecule has 1 atom stereocenters. The van der Waals surface area contributed by atoms with Gasteiger partial charge in [0.05, 0.1) is 37.0 Å². The van der Waals surface area contributed by atoms with E-state index in [1.165, 1.54) is 0 Å². The average molecular weight is 545 g/mol. The first-order valence-corrected chi connectivity index (χ1v) is 13.6. The zero-order valence-corrected chi connectivity index (χ0v) is 22.4. The molecule has 9 heteroatoms. The number of hydroxylamine groups is 1. The van der Waals surface area contributed by atoms with E-state index >= 15 is 0 Å². The van der Waals surface area contributed by atoms with Gasteiger partial charge in [-0.2, -0.15) is 9.72 Å². The van der Waals surface area contributed by atoms with Crippen molar-refractivity contribution < 1.29 is 14.2 Å². The first-order valence-electron chi connectivity index (χ1n) is 13.2. The summed E-state index contributed by atoms with van der Waals surface area (Å²) in [5.41, 5.74) is 3.47. The lowest BCUT2D eigenvalue weighted by molar-refractivity contribution is -0.406. The third-order valence-corrected chi connectivity index (χ3v) is 7.69. The Morgan fingerprint density at radius 1 is 1.21 bits per heavy atom. The highest BCUT2D eigenvalue weighted by atomic mass is 35.5. The molecule has 6 rings (SSSR count). The molecule has 0 bridgehead atoms. The van der Waals surface area contributed by atoms with Gasteiger partial charge in [-0.3, -0.25) is 4.57 Å². The molecule has 1 aliphatic carbocycles. The zero-order valence-electron chi connectivity index (χ0n) is 21.7. The van der Waals surface area contributed by atoms with Crippen molar-refractivity contribution in [3.63, 3.8) is 0 Å². The number of aromatic nitrogens is 3. The summed E-state index contributed by atoms with van der Waals surface area (Å²) in [6.45, 7) is 1.49. The maximum atomic E-state index is 13.1. The monoisotopic (exact) mass is 544 g/mol. The van der Waals surface area contributed by atoms with E-state index in [1.807, 2.05) is 53.2 Å². The molecular weight excluding hydrogens is 516 g/mol. The zero-order chi connectivity index (χ0) is 26.9. The number of benzene rings is 2. The second-order valence-corrected chi connectivity index (χ2v) is 10.3. The van der Waals surface area contributed by atoms with Gasteiger partial charge < -0.3 is 19.2 Å². The molecule has 1 aliphatic heterocycles. The van der Waals surface area contributed by atoms with Crippen molar-refractivity contribution in [1.82, 2.24) is 14.1 Å². The van der Waals surface area contributed by atoms with E-state index in [9.17, 15) is 10.0 Å². The number of hydrogen-bond acceptors (Lipinski definition) is 5. The fourth-order valence-corrected chi connectivity index (χ4v) is 5.79. The third-order valence-electron chi connectivity index (χ3n) is 7.46. The molecule has 0 radical (unpaired) electrons. The predicted molar refractivity (Wildman–Crippen MR) is 152 cm³/mol. The number of aryl methyl sites for hydroxylation is 1. The normalized spacial score (nSPS) is 16.6. The fraction of sp³-hybridized carbons (Fsp3) is 0.300. The van der Waals surface area contributed by atoms with E-state index in [-0.39, 0.29) is 11.6 Å². The number of rotatable bonds is 7. The van der Waals surface area contributed by atoms with E-state index in [0.29, 0.717) is 54.0 Å². The summed E-state index contributed by atoms with van der Waals surface area (Å²) in [4.78, 5) is 17.5. The summed E-state index contributed by atoms with van der Waals surface area (Å²) in [6.07, 6.45) is 9.12. The first kappa shape index (κ1) is 25.2. The molecule has 2 aromatic heterocycles. The van der Waals surface area contributed by atoms with Crippen LogP contribution in [0.4, 0.5) is 0 Å². The summed E-state index contributed by atoms with van der Waals surface area (Å²) in [5, 5.41) is 14.2. The summed E-state index contributed by atoms with van der Waals surface area (Å²) >= 11 is 6.32. The Kier molecular flexibility index (Phi) is 6.87. The van der Waals surface area contributed by atoms with E-state index in [2.05, 4.69) is 11.1 Å². The van der Waals surface area contributed by atoms with Crippen molar-refractivity contribution in [3.05, 3.63) is 92.9 Å². The number of methoxy groups -OCH3 is 1. The van der Waals surface area contributed by atoms with Gasteiger partial charge in [-0.05, 0) is 50.0 Å². The van der Waals surface area contributed by atoms with Gasteiger partial charge in [-0.1, -0.05) is 41.9 Å². The van der Waals surface area contributed by atoms with Crippen molar-refractivity contribution in [3.8, 4) is 22.8 Å². The second-order valence-electron chi connectivity index (χ2n) is 9.90. The second kappa shape index (κ2) is 10.6. The number of hydrogen-bond donors (Lipinski definition) is 0. The molecule has 0 saturated heterocycles. The van der Waals surface area contributed by atoms with Crippen molar-refractivity contribution >= 4 is 28.7 Å². The highest BCUT2D eigenvalue weighted by molar-refractivity contribution is 6.31. The van der Waals surface area contributed by atoms with Gasteiger partial charge in [-0.15, -0.1) is 0 Å². The van der Waals surface area contributed by atoms with Crippen LogP contribution in [0.3, 0.4) is 0 Å². The molecule has 0 N–H and O–H groups in total. The average Bonchev–Trinajstić information content (AvgIpc) is 3.20. The van der Waals surface area contributed by atoms with E-state index in [4.69, 9.17) is 21.1 Å². The van der Waals surface area contributed by atoms with Gasteiger partial charge in [0.2, 0.25) is 6.21 Å². The Hall–Kier alpha value is -4.04. The number of ether oxygens (including phenoxy) is 2. The van der Waals surface area contributed by atoms with Crippen LogP contribution in [0.25, 0.3) is 22.2 Å². The van der Waals surface area contributed by atoms with Gasteiger partial charge in [0.1, 0.15) is 0 Å². The molecule has 0 amide bonds. The summed E-state index contributed by atoms with van der Waals surface area (Å²) in [6, 6.07) is 15.1. The van der Waals surface area contributed by atoms with Crippen LogP contribution in [-0.4, -0.2) is 38.8 Å². The van der Waals surface area contributed by atoms with Crippen LogP contribution in [-0.2, 0) is 13.1 Å². The lowest BCUT2D eigenvalue weighted by atomic mass is 9.92. The van der Waals surface area contributed by atoms with E-state index < -0.39 is 0 Å². The Labute approximate surface area is 231 Å². The van der Waals surface area contributed by atoms with Gasteiger partial charge in [0, 0.05) is 29.1 Å². The summed E-state index contributed by atoms with van der Waals surface area (Å²) in [5.74, 6) is 1.31. The molecular formula is C30H29ClN4O4. The van der Waals surface area contributed by atoms with Crippen LogP contribution in [0.5, 0.6) is 11.5 Å². The summed E-state index contributed by atoms with van der Waals surface area (Å²) < 4.78 is 16.5. The molecule has 2 aliphatic rings. The molecule has 0 fully saturated rings. The topological polar surface area (TPSA) is 84.3 Å². The summed E-state index contributed by atoms with van der Waals surface area (Å²) in [7, 11) is 1.58. The van der Waals surface area contributed by atoms with Gasteiger partial charge in [-0.25, -0.2) is 4.79 Å². The standard InChI is InChI=1S/C30H29ClN4O4/c1-38-29-26-18-35(37)24-11-6-5-10-21(24)17-33(26)19-27(29)39-15-7-14-34-25-13-12-22(31)16-23(25)28(32-30(34)36)20-8-3-2-4-9-20/h2-4,8-9,11-13,16,18-19,21H,5-7,10,14-15,17H2,1H3/t21-/m0/s1. The Balaban J connectivity index is 1.23. The predicted octanol–water partition coefficient (Wildman–Crippen LogP) is 5.62. The van der Waals surface area contributed by atoms with Crippen LogP contribution >= 0.6 is 11.6 Å². The van der Waals surface area contributed by atoms with Crippen molar-refractivity contribution in [1.29, 1.82) is 0 Å². The highest BCUT2D eigenvalue weighted by Gasteiger charge is 2.31.